The Morgan fingerprint density at radius 1 is 1.22 bits per heavy atom. The number of benzene rings is 2. The van der Waals surface area contributed by atoms with Crippen LogP contribution in [-0.4, -0.2) is 15.9 Å². The number of nitrogens with zero attached hydrogens (tertiary/aromatic N) is 3. The number of hydrogen-bond acceptors (Lipinski definition) is 8. The molecule has 1 aromatic heterocycles. The Kier molecular flexibility index (Phi) is 5.22. The topological polar surface area (TPSA) is 138 Å². The molecule has 0 aliphatic heterocycles. The van der Waals surface area contributed by atoms with Crippen LogP contribution >= 0.6 is 0 Å². The zero-order valence-electron chi connectivity index (χ0n) is 14.4. The van der Waals surface area contributed by atoms with Crippen molar-refractivity contribution in [2.24, 2.45) is 10.8 Å². The number of rotatable bonds is 7. The number of aryl methyl sites for hydroxylation is 1. The number of aromatic nitrogens is 2. The first-order chi connectivity index (χ1) is 13.1. The lowest BCUT2D eigenvalue weighted by atomic mass is 10.2. The van der Waals surface area contributed by atoms with Gasteiger partial charge in [0.1, 0.15) is 11.3 Å². The van der Waals surface area contributed by atoms with Gasteiger partial charge in [0.2, 0.25) is 0 Å². The monoisotopic (exact) mass is 363 g/mol. The highest BCUT2D eigenvalue weighted by Crippen LogP contribution is 2.25. The maximum Gasteiger partial charge on any atom is 0.344 e. The average molecular weight is 363 g/mol. The van der Waals surface area contributed by atoms with Crippen molar-refractivity contribution in [1.82, 2.24) is 9.97 Å². The minimum Gasteiger partial charge on any atom is -0.365 e. The number of hydrogen-bond donors (Lipinski definition) is 4. The third-order valence-corrected chi connectivity index (χ3v) is 3.59. The summed E-state index contributed by atoms with van der Waals surface area (Å²) in [6.45, 7) is 1.95. The van der Waals surface area contributed by atoms with Crippen molar-refractivity contribution >= 4 is 28.8 Å². The highest BCUT2D eigenvalue weighted by Gasteiger charge is 2.14. The Hall–Kier alpha value is -4.01. The van der Waals surface area contributed by atoms with E-state index in [0.717, 1.165) is 11.3 Å². The first-order valence-electron chi connectivity index (χ1n) is 7.96. The zero-order valence-corrected chi connectivity index (χ0v) is 14.4. The predicted molar refractivity (Wildman–Crippen MR) is 101 cm³/mol. The fourth-order valence-electron chi connectivity index (χ4n) is 2.31. The van der Waals surface area contributed by atoms with E-state index in [4.69, 9.17) is 16.1 Å². The van der Waals surface area contributed by atoms with Gasteiger partial charge in [-0.2, -0.15) is 10.1 Å². The first-order valence-corrected chi connectivity index (χ1v) is 7.96. The summed E-state index contributed by atoms with van der Waals surface area (Å²) in [6.07, 6.45) is 1.28. The maximum atomic E-state index is 11.7. The second-order valence-electron chi connectivity index (χ2n) is 5.61. The number of amides is 1. The fraction of sp³-hybridized carbons (Fsp3) is 0.0556. The van der Waals surface area contributed by atoms with Gasteiger partial charge in [0.05, 0.1) is 5.69 Å². The predicted octanol–water partition coefficient (Wildman–Crippen LogP) is 3.70. The average Bonchev–Trinajstić information content (AvgIpc) is 2.66. The molecule has 0 unspecified atom stereocenters. The zero-order chi connectivity index (χ0) is 19.2. The molecule has 0 fully saturated rings. The van der Waals surface area contributed by atoms with Crippen molar-refractivity contribution in [2.45, 2.75) is 6.92 Å². The summed E-state index contributed by atoms with van der Waals surface area (Å²) in [5.74, 6) is -0.443. The summed E-state index contributed by atoms with van der Waals surface area (Å²) < 4.78 is 0. The lowest BCUT2D eigenvalue weighted by Crippen LogP contribution is -2.16. The van der Waals surface area contributed by atoms with Crippen LogP contribution in [0, 0.1) is 12.5 Å². The van der Waals surface area contributed by atoms with Crippen LogP contribution in [0.25, 0.3) is 0 Å². The Bertz CT molecular complexity index is 991. The van der Waals surface area contributed by atoms with Crippen LogP contribution in [0.1, 0.15) is 15.9 Å². The van der Waals surface area contributed by atoms with E-state index in [1.165, 1.54) is 6.20 Å². The molecule has 0 bridgehead atoms. The van der Waals surface area contributed by atoms with Crippen LogP contribution in [0.3, 0.4) is 0 Å². The van der Waals surface area contributed by atoms with Gasteiger partial charge in [0, 0.05) is 11.9 Å². The number of carbonyl (C=O) groups excluding carboxylic acids is 1. The largest absolute Gasteiger partial charge is 0.365 e. The molecule has 0 aliphatic rings. The molecular weight excluding hydrogens is 346 g/mol. The molecule has 0 radical (unpaired) electrons. The van der Waals surface area contributed by atoms with Crippen LogP contribution in [-0.2, 0) is 0 Å². The summed E-state index contributed by atoms with van der Waals surface area (Å²) in [5, 5.41) is 6.44. The minimum absolute atomic E-state index is 0.0325. The second kappa shape index (κ2) is 7.91. The third kappa shape index (κ3) is 4.34. The molecule has 0 atom stereocenters. The molecule has 3 aromatic rings. The maximum absolute atomic E-state index is 11.7. The Morgan fingerprint density at radius 3 is 2.78 bits per heavy atom. The van der Waals surface area contributed by atoms with Crippen LogP contribution in [0.2, 0.25) is 0 Å². The Morgan fingerprint density at radius 2 is 2.04 bits per heavy atom. The van der Waals surface area contributed by atoms with Crippen molar-refractivity contribution in [3.8, 4) is 6.01 Å². The van der Waals surface area contributed by atoms with E-state index < -0.39 is 5.91 Å². The Labute approximate surface area is 155 Å². The van der Waals surface area contributed by atoms with Crippen molar-refractivity contribution in [3.63, 3.8) is 0 Å². The fourth-order valence-corrected chi connectivity index (χ4v) is 2.31. The van der Waals surface area contributed by atoms with Gasteiger partial charge in [-0.3, -0.25) is 4.79 Å². The molecule has 3 rings (SSSR count). The first kappa shape index (κ1) is 17.8. The minimum atomic E-state index is -0.664. The van der Waals surface area contributed by atoms with Gasteiger partial charge in [-0.25, -0.2) is 16.0 Å². The molecule has 5 N–H and O–H groups in total. The number of primary amides is 1. The van der Waals surface area contributed by atoms with E-state index >= 15 is 0 Å². The molecule has 0 saturated heterocycles. The van der Waals surface area contributed by atoms with Gasteiger partial charge in [0.15, 0.2) is 5.82 Å². The van der Waals surface area contributed by atoms with Crippen LogP contribution in [0.4, 0.5) is 22.9 Å². The van der Waals surface area contributed by atoms with E-state index in [2.05, 4.69) is 25.9 Å². The molecule has 9 heteroatoms. The molecule has 1 amide bonds. The molecule has 0 aliphatic carbocycles. The number of nitrogens with one attached hydrogen (secondary N) is 3. The summed E-state index contributed by atoms with van der Waals surface area (Å²) in [6, 6.07) is 14.4. The molecule has 136 valence electrons. The summed E-state index contributed by atoms with van der Waals surface area (Å²) in [4.78, 5) is 25.2. The molecule has 0 saturated carbocycles. The highest BCUT2D eigenvalue weighted by molar-refractivity contribution is 5.97. The lowest BCUT2D eigenvalue weighted by Gasteiger charge is -2.12. The summed E-state index contributed by atoms with van der Waals surface area (Å²) in [7, 11) is 0. The summed E-state index contributed by atoms with van der Waals surface area (Å²) >= 11 is 0. The molecule has 2 aromatic carbocycles. The van der Waals surface area contributed by atoms with E-state index in [1.54, 1.807) is 24.3 Å². The molecule has 0 spiro atoms. The van der Waals surface area contributed by atoms with Crippen LogP contribution in [0.5, 0.6) is 6.01 Å². The van der Waals surface area contributed by atoms with Gasteiger partial charge in [-0.05, 0) is 36.8 Å². The second-order valence-corrected chi connectivity index (χ2v) is 5.61. The number of para-hydroxylation sites is 2. The smallest absolute Gasteiger partial charge is 0.344 e. The normalized spacial score (nSPS) is 10.1. The highest BCUT2D eigenvalue weighted by atomic mass is 16.7. The van der Waals surface area contributed by atoms with Crippen molar-refractivity contribution in [2.75, 3.05) is 10.8 Å². The quantitative estimate of drug-likeness (QED) is 0.373. The van der Waals surface area contributed by atoms with E-state index in [9.17, 15) is 4.79 Å². The van der Waals surface area contributed by atoms with Gasteiger partial charge in [-0.15, -0.1) is 0 Å². The molecule has 1 heterocycles. The van der Waals surface area contributed by atoms with E-state index in [-0.39, 0.29) is 17.4 Å². The van der Waals surface area contributed by atoms with Crippen molar-refractivity contribution in [1.29, 1.82) is 5.53 Å². The van der Waals surface area contributed by atoms with Crippen LogP contribution < -0.4 is 21.4 Å². The van der Waals surface area contributed by atoms with Gasteiger partial charge < -0.3 is 15.9 Å². The SMILES string of the molecule is Cc1cccc(Nc2nc(ONc3ccccc3N=N)ncc2C(N)=O)c1. The van der Waals surface area contributed by atoms with E-state index in [0.29, 0.717) is 11.4 Å². The van der Waals surface area contributed by atoms with Gasteiger partial charge in [0.25, 0.3) is 5.91 Å². The number of anilines is 3. The van der Waals surface area contributed by atoms with E-state index in [1.807, 2.05) is 31.2 Å². The number of nitrogens with two attached hydrogens (primary N) is 1. The molecule has 27 heavy (non-hydrogen) atoms. The standard InChI is InChI=1S/C18H17N7O2/c1-11-5-4-6-12(9-11)22-17-13(16(19)26)10-21-18(23-17)27-25-15-8-3-2-7-14(15)24-20/h2-10,20,25H,1H3,(H2,19,26)(H,21,22,23). The Balaban J connectivity index is 1.84. The molecule has 9 nitrogen and oxygen atoms in total. The lowest BCUT2D eigenvalue weighted by molar-refractivity contribution is 0.100. The summed E-state index contributed by atoms with van der Waals surface area (Å²) in [5.41, 5.74) is 18.0. The van der Waals surface area contributed by atoms with Gasteiger partial charge in [-0.1, -0.05) is 24.3 Å². The van der Waals surface area contributed by atoms with Gasteiger partial charge >= 0.3 is 6.01 Å². The van der Waals surface area contributed by atoms with Crippen molar-refractivity contribution < 1.29 is 9.63 Å². The third-order valence-electron chi connectivity index (χ3n) is 3.59. The van der Waals surface area contributed by atoms with Crippen molar-refractivity contribution in [3.05, 3.63) is 65.9 Å². The van der Waals surface area contributed by atoms with Crippen LogP contribution in [0.15, 0.2) is 59.8 Å². The number of carbonyl (C=O) groups is 1. The molecular formula is C18H17N7O2.